The van der Waals surface area contributed by atoms with E-state index in [0.29, 0.717) is 0 Å². The molecule has 0 aromatic heterocycles. The summed E-state index contributed by atoms with van der Waals surface area (Å²) < 4.78 is 0. The van der Waals surface area contributed by atoms with Crippen LogP contribution in [0.4, 0.5) is 0 Å². The van der Waals surface area contributed by atoms with E-state index in [2.05, 4.69) is 41.4 Å². The maximum atomic E-state index is 3.76. The first-order valence-electron chi connectivity index (χ1n) is 8.41. The lowest BCUT2D eigenvalue weighted by molar-refractivity contribution is 0.258. The fourth-order valence-corrected chi connectivity index (χ4v) is 4.03. The third-order valence-corrected chi connectivity index (χ3v) is 5.17. The number of nitrogens with zero attached hydrogens (tertiary/aromatic N) is 1. The van der Waals surface area contributed by atoms with E-state index in [0.717, 1.165) is 18.5 Å². The molecule has 0 bridgehead atoms. The summed E-state index contributed by atoms with van der Waals surface area (Å²) in [5.74, 6) is 0.733. The van der Waals surface area contributed by atoms with Gasteiger partial charge in [0, 0.05) is 19.1 Å². The van der Waals surface area contributed by atoms with Gasteiger partial charge in [0.2, 0.25) is 0 Å². The average molecular weight is 272 g/mol. The molecule has 2 aliphatic rings. The molecule has 1 fully saturated rings. The van der Waals surface area contributed by atoms with Crippen molar-refractivity contribution in [1.82, 2.24) is 10.2 Å². The number of fused-ring (bicyclic) bond motifs is 1. The van der Waals surface area contributed by atoms with Gasteiger partial charge in [-0.05, 0) is 62.2 Å². The minimum absolute atomic E-state index is 0.733. The first kappa shape index (κ1) is 14.1. The largest absolute Gasteiger partial charge is 0.315 e. The van der Waals surface area contributed by atoms with Crippen LogP contribution in [-0.4, -0.2) is 37.1 Å². The van der Waals surface area contributed by atoms with Gasteiger partial charge in [0.1, 0.15) is 0 Å². The van der Waals surface area contributed by atoms with Gasteiger partial charge in [-0.1, -0.05) is 31.2 Å². The minimum atomic E-state index is 0.733. The first-order valence-corrected chi connectivity index (χ1v) is 8.41. The molecule has 110 valence electrons. The molecule has 0 saturated carbocycles. The second kappa shape index (κ2) is 6.73. The van der Waals surface area contributed by atoms with Crippen LogP contribution in [0.1, 0.15) is 49.7 Å². The summed E-state index contributed by atoms with van der Waals surface area (Å²) in [6.45, 7) is 7.13. The highest BCUT2D eigenvalue weighted by atomic mass is 15.2. The second-order valence-electron chi connectivity index (χ2n) is 6.37. The standard InChI is InChI=1S/C18H28N2/c1-2-20-12-6-10-17(20)14-19-13-16-9-5-8-15-7-3-4-11-18(15)16/h3-4,7,11,16-17,19H,2,5-6,8-10,12-14H2,1H3. The zero-order valence-corrected chi connectivity index (χ0v) is 12.8. The van der Waals surface area contributed by atoms with E-state index >= 15 is 0 Å². The van der Waals surface area contributed by atoms with Gasteiger partial charge in [0.15, 0.2) is 0 Å². The molecule has 2 unspecified atom stereocenters. The van der Waals surface area contributed by atoms with Crippen LogP contribution in [0.15, 0.2) is 24.3 Å². The highest BCUT2D eigenvalue weighted by molar-refractivity contribution is 5.32. The first-order chi connectivity index (χ1) is 9.88. The van der Waals surface area contributed by atoms with Crippen molar-refractivity contribution in [3.63, 3.8) is 0 Å². The number of benzene rings is 1. The summed E-state index contributed by atoms with van der Waals surface area (Å²) in [4.78, 5) is 2.63. The van der Waals surface area contributed by atoms with Crippen molar-refractivity contribution in [2.24, 2.45) is 0 Å². The normalized spacial score (nSPS) is 26.6. The molecule has 1 heterocycles. The molecule has 1 saturated heterocycles. The number of rotatable bonds is 5. The lowest BCUT2D eigenvalue weighted by Gasteiger charge is -2.28. The predicted molar refractivity (Wildman–Crippen MR) is 85.3 cm³/mol. The zero-order chi connectivity index (χ0) is 13.8. The molecule has 1 aromatic rings. The average Bonchev–Trinajstić information content (AvgIpc) is 2.95. The van der Waals surface area contributed by atoms with Crippen LogP contribution in [0.3, 0.4) is 0 Å². The van der Waals surface area contributed by atoms with Crippen molar-refractivity contribution >= 4 is 0 Å². The summed E-state index contributed by atoms with van der Waals surface area (Å²) in [6, 6.07) is 9.82. The van der Waals surface area contributed by atoms with Gasteiger partial charge < -0.3 is 5.32 Å². The van der Waals surface area contributed by atoms with Crippen molar-refractivity contribution in [1.29, 1.82) is 0 Å². The topological polar surface area (TPSA) is 15.3 Å². The van der Waals surface area contributed by atoms with E-state index in [1.165, 1.54) is 51.7 Å². The zero-order valence-electron chi connectivity index (χ0n) is 12.8. The third kappa shape index (κ3) is 3.07. The Bertz CT molecular complexity index is 429. The molecule has 1 aromatic carbocycles. The van der Waals surface area contributed by atoms with Crippen LogP contribution >= 0.6 is 0 Å². The van der Waals surface area contributed by atoms with Gasteiger partial charge >= 0.3 is 0 Å². The molecule has 20 heavy (non-hydrogen) atoms. The van der Waals surface area contributed by atoms with E-state index in [1.807, 2.05) is 0 Å². The Morgan fingerprint density at radius 2 is 2.05 bits per heavy atom. The summed E-state index contributed by atoms with van der Waals surface area (Å²) >= 11 is 0. The van der Waals surface area contributed by atoms with Gasteiger partial charge in [-0.25, -0.2) is 0 Å². The van der Waals surface area contributed by atoms with Crippen molar-refractivity contribution in [2.45, 2.75) is 51.0 Å². The van der Waals surface area contributed by atoms with Crippen molar-refractivity contribution in [3.05, 3.63) is 35.4 Å². The molecule has 0 spiro atoms. The van der Waals surface area contributed by atoms with Crippen LogP contribution in [0.2, 0.25) is 0 Å². The Hall–Kier alpha value is -0.860. The van der Waals surface area contributed by atoms with E-state index in [1.54, 1.807) is 11.1 Å². The quantitative estimate of drug-likeness (QED) is 0.885. The molecular weight excluding hydrogens is 244 g/mol. The van der Waals surface area contributed by atoms with Crippen LogP contribution in [0.25, 0.3) is 0 Å². The van der Waals surface area contributed by atoms with E-state index in [-0.39, 0.29) is 0 Å². The van der Waals surface area contributed by atoms with Gasteiger partial charge in [-0.15, -0.1) is 0 Å². The number of hydrogen-bond donors (Lipinski definition) is 1. The summed E-state index contributed by atoms with van der Waals surface area (Å²) in [5.41, 5.74) is 3.19. The molecular formula is C18H28N2. The van der Waals surface area contributed by atoms with E-state index in [4.69, 9.17) is 0 Å². The summed E-state index contributed by atoms with van der Waals surface area (Å²) in [6.07, 6.45) is 6.74. The number of likely N-dealkylation sites (N-methyl/N-ethyl adjacent to an activating group) is 1. The Labute approximate surface area is 123 Å². The van der Waals surface area contributed by atoms with Crippen molar-refractivity contribution in [2.75, 3.05) is 26.2 Å². The molecule has 2 nitrogen and oxygen atoms in total. The smallest absolute Gasteiger partial charge is 0.0221 e. The van der Waals surface area contributed by atoms with Crippen LogP contribution in [0.5, 0.6) is 0 Å². The lowest BCUT2D eigenvalue weighted by Crippen LogP contribution is -2.39. The third-order valence-electron chi connectivity index (χ3n) is 5.17. The Morgan fingerprint density at radius 3 is 2.95 bits per heavy atom. The molecule has 1 N–H and O–H groups in total. The summed E-state index contributed by atoms with van der Waals surface area (Å²) in [5, 5.41) is 3.76. The van der Waals surface area contributed by atoms with Crippen LogP contribution in [-0.2, 0) is 6.42 Å². The van der Waals surface area contributed by atoms with Gasteiger partial charge in [-0.3, -0.25) is 4.90 Å². The fourth-order valence-electron chi connectivity index (χ4n) is 4.03. The van der Waals surface area contributed by atoms with E-state index in [9.17, 15) is 0 Å². The molecule has 0 radical (unpaired) electrons. The number of likely N-dealkylation sites (tertiary alicyclic amines) is 1. The molecule has 1 aliphatic carbocycles. The lowest BCUT2D eigenvalue weighted by atomic mass is 9.83. The monoisotopic (exact) mass is 272 g/mol. The fraction of sp³-hybridized carbons (Fsp3) is 0.667. The Kier molecular flexibility index (Phi) is 4.74. The SMILES string of the molecule is CCN1CCCC1CNCC1CCCc2ccccc21. The van der Waals surface area contributed by atoms with Crippen LogP contribution < -0.4 is 5.32 Å². The second-order valence-corrected chi connectivity index (χ2v) is 6.37. The predicted octanol–water partition coefficient (Wildman–Crippen LogP) is 3.18. The Morgan fingerprint density at radius 1 is 1.15 bits per heavy atom. The van der Waals surface area contributed by atoms with Gasteiger partial charge in [-0.2, -0.15) is 0 Å². The number of nitrogens with one attached hydrogen (secondary N) is 1. The maximum Gasteiger partial charge on any atom is 0.0221 e. The minimum Gasteiger partial charge on any atom is -0.315 e. The number of aryl methyl sites for hydroxylation is 1. The van der Waals surface area contributed by atoms with Crippen molar-refractivity contribution < 1.29 is 0 Å². The van der Waals surface area contributed by atoms with Crippen LogP contribution in [0, 0.1) is 0 Å². The molecule has 2 heteroatoms. The molecule has 0 amide bonds. The van der Waals surface area contributed by atoms with E-state index < -0.39 is 0 Å². The Balaban J connectivity index is 1.52. The van der Waals surface area contributed by atoms with Gasteiger partial charge in [0.25, 0.3) is 0 Å². The maximum absolute atomic E-state index is 3.76. The van der Waals surface area contributed by atoms with Crippen molar-refractivity contribution in [3.8, 4) is 0 Å². The molecule has 3 rings (SSSR count). The molecule has 1 aliphatic heterocycles. The number of hydrogen-bond acceptors (Lipinski definition) is 2. The molecule has 2 atom stereocenters. The van der Waals surface area contributed by atoms with Gasteiger partial charge in [0.05, 0.1) is 0 Å². The summed E-state index contributed by atoms with van der Waals surface area (Å²) in [7, 11) is 0. The highest BCUT2D eigenvalue weighted by Crippen LogP contribution is 2.30. The highest BCUT2D eigenvalue weighted by Gasteiger charge is 2.24.